The molecule has 2 aliphatic rings. The normalized spacial score (nSPS) is 31.8. The fraction of sp³-hybridized carbons (Fsp3) is 1.00. The van der Waals surface area contributed by atoms with Crippen LogP contribution in [0.1, 0.15) is 65.7 Å². The van der Waals surface area contributed by atoms with E-state index in [4.69, 9.17) is 0 Å². The first-order chi connectivity index (χ1) is 8.59. The highest BCUT2D eigenvalue weighted by Crippen LogP contribution is 2.29. The van der Waals surface area contributed by atoms with E-state index in [9.17, 15) is 0 Å². The second kappa shape index (κ2) is 6.38. The molecule has 0 radical (unpaired) electrons. The molecule has 2 rings (SSSR count). The van der Waals surface area contributed by atoms with E-state index in [1.54, 1.807) is 0 Å². The number of nitrogens with one attached hydrogen (secondary N) is 2. The number of rotatable bonds is 3. The van der Waals surface area contributed by atoms with Gasteiger partial charge in [0.15, 0.2) is 0 Å². The SMILES string of the molecule is C[C@@H](NC1CCNCC1(C)C)C1CCCCCC1. The fourth-order valence-electron chi connectivity index (χ4n) is 3.74. The maximum Gasteiger partial charge on any atom is 0.0145 e. The van der Waals surface area contributed by atoms with Crippen LogP contribution >= 0.6 is 0 Å². The molecule has 18 heavy (non-hydrogen) atoms. The third-order valence-corrected chi connectivity index (χ3v) is 5.20. The molecule has 0 aromatic heterocycles. The van der Waals surface area contributed by atoms with Gasteiger partial charge in [-0.1, -0.05) is 39.5 Å². The van der Waals surface area contributed by atoms with Crippen molar-refractivity contribution in [2.45, 2.75) is 77.8 Å². The van der Waals surface area contributed by atoms with Crippen LogP contribution in [0.5, 0.6) is 0 Å². The van der Waals surface area contributed by atoms with E-state index in [2.05, 4.69) is 31.4 Å². The Morgan fingerprint density at radius 1 is 1.06 bits per heavy atom. The van der Waals surface area contributed by atoms with Gasteiger partial charge in [0.1, 0.15) is 0 Å². The molecule has 0 aromatic carbocycles. The predicted octanol–water partition coefficient (Wildman–Crippen LogP) is 3.32. The first kappa shape index (κ1) is 14.3. The summed E-state index contributed by atoms with van der Waals surface area (Å²) >= 11 is 0. The summed E-state index contributed by atoms with van der Waals surface area (Å²) in [7, 11) is 0. The minimum Gasteiger partial charge on any atom is -0.316 e. The number of hydrogen-bond acceptors (Lipinski definition) is 2. The van der Waals surface area contributed by atoms with Crippen LogP contribution in [0.15, 0.2) is 0 Å². The van der Waals surface area contributed by atoms with Crippen molar-refractivity contribution >= 4 is 0 Å². The average Bonchev–Trinajstić information content (AvgIpc) is 2.60. The van der Waals surface area contributed by atoms with E-state index >= 15 is 0 Å². The first-order valence-corrected chi connectivity index (χ1v) is 8.06. The Kier molecular flexibility index (Phi) is 5.08. The molecule has 1 unspecified atom stereocenters. The molecule has 1 aliphatic carbocycles. The lowest BCUT2D eigenvalue weighted by Gasteiger charge is -2.42. The molecule has 1 saturated heterocycles. The van der Waals surface area contributed by atoms with Crippen LogP contribution in [0.25, 0.3) is 0 Å². The molecule has 0 aromatic rings. The van der Waals surface area contributed by atoms with Crippen molar-refractivity contribution in [3.8, 4) is 0 Å². The lowest BCUT2D eigenvalue weighted by Crippen LogP contribution is -2.56. The lowest BCUT2D eigenvalue weighted by molar-refractivity contribution is 0.157. The van der Waals surface area contributed by atoms with Crippen LogP contribution in [-0.4, -0.2) is 25.2 Å². The van der Waals surface area contributed by atoms with Gasteiger partial charge in [0, 0.05) is 18.6 Å². The largest absolute Gasteiger partial charge is 0.316 e. The van der Waals surface area contributed by atoms with E-state index in [0.717, 1.165) is 12.5 Å². The topological polar surface area (TPSA) is 24.1 Å². The molecule has 2 N–H and O–H groups in total. The number of piperidine rings is 1. The smallest absolute Gasteiger partial charge is 0.0145 e. The van der Waals surface area contributed by atoms with Gasteiger partial charge in [0.25, 0.3) is 0 Å². The number of hydrogen-bond donors (Lipinski definition) is 2. The first-order valence-electron chi connectivity index (χ1n) is 8.06. The molecule has 2 heteroatoms. The molecule has 1 heterocycles. The van der Waals surface area contributed by atoms with Crippen LogP contribution < -0.4 is 10.6 Å². The van der Waals surface area contributed by atoms with Crippen molar-refractivity contribution in [3.05, 3.63) is 0 Å². The van der Waals surface area contributed by atoms with Crippen LogP contribution in [-0.2, 0) is 0 Å². The molecule has 106 valence electrons. The lowest BCUT2D eigenvalue weighted by atomic mass is 9.79. The Balaban J connectivity index is 1.86. The molecular formula is C16H32N2. The summed E-state index contributed by atoms with van der Waals surface area (Å²) in [6, 6.07) is 1.39. The van der Waals surface area contributed by atoms with Crippen LogP contribution in [0.3, 0.4) is 0 Å². The van der Waals surface area contributed by atoms with Crippen molar-refractivity contribution in [1.82, 2.24) is 10.6 Å². The highest BCUT2D eigenvalue weighted by atomic mass is 15.0. The minimum atomic E-state index is 0.400. The molecule has 0 bridgehead atoms. The van der Waals surface area contributed by atoms with E-state index in [1.165, 1.54) is 51.5 Å². The molecule has 1 saturated carbocycles. The van der Waals surface area contributed by atoms with E-state index < -0.39 is 0 Å². The zero-order valence-electron chi connectivity index (χ0n) is 12.6. The second-order valence-electron chi connectivity index (χ2n) is 7.21. The third kappa shape index (κ3) is 3.71. The van der Waals surface area contributed by atoms with Crippen LogP contribution in [0.2, 0.25) is 0 Å². The van der Waals surface area contributed by atoms with Gasteiger partial charge in [-0.25, -0.2) is 0 Å². The predicted molar refractivity (Wildman–Crippen MR) is 78.8 cm³/mol. The van der Waals surface area contributed by atoms with Crippen LogP contribution in [0.4, 0.5) is 0 Å². The van der Waals surface area contributed by atoms with Gasteiger partial charge in [0.05, 0.1) is 0 Å². The van der Waals surface area contributed by atoms with E-state index in [0.29, 0.717) is 17.5 Å². The molecule has 2 nitrogen and oxygen atoms in total. The molecule has 2 fully saturated rings. The van der Waals surface area contributed by atoms with Gasteiger partial charge in [-0.2, -0.15) is 0 Å². The minimum absolute atomic E-state index is 0.400. The van der Waals surface area contributed by atoms with Crippen molar-refractivity contribution in [2.24, 2.45) is 11.3 Å². The maximum absolute atomic E-state index is 3.97. The fourth-order valence-corrected chi connectivity index (χ4v) is 3.74. The summed E-state index contributed by atoms with van der Waals surface area (Å²) in [6.07, 6.45) is 9.99. The Morgan fingerprint density at radius 3 is 2.33 bits per heavy atom. The Bertz CT molecular complexity index is 241. The van der Waals surface area contributed by atoms with Gasteiger partial charge in [-0.3, -0.25) is 0 Å². The van der Waals surface area contributed by atoms with Gasteiger partial charge in [-0.05, 0) is 44.1 Å². The van der Waals surface area contributed by atoms with E-state index in [-0.39, 0.29) is 0 Å². The Hall–Kier alpha value is -0.0800. The third-order valence-electron chi connectivity index (χ3n) is 5.20. The van der Waals surface area contributed by atoms with Crippen molar-refractivity contribution < 1.29 is 0 Å². The zero-order chi connectivity index (χ0) is 13.0. The average molecular weight is 252 g/mol. The molecular weight excluding hydrogens is 220 g/mol. The summed E-state index contributed by atoms with van der Waals surface area (Å²) in [6.45, 7) is 9.56. The highest BCUT2D eigenvalue weighted by Gasteiger charge is 2.33. The quantitative estimate of drug-likeness (QED) is 0.753. The summed E-state index contributed by atoms with van der Waals surface area (Å²) < 4.78 is 0. The van der Waals surface area contributed by atoms with Crippen LogP contribution in [0, 0.1) is 11.3 Å². The van der Waals surface area contributed by atoms with Gasteiger partial charge >= 0.3 is 0 Å². The van der Waals surface area contributed by atoms with Gasteiger partial charge in [-0.15, -0.1) is 0 Å². The highest BCUT2D eigenvalue weighted by molar-refractivity contribution is 4.92. The van der Waals surface area contributed by atoms with Crippen molar-refractivity contribution in [2.75, 3.05) is 13.1 Å². The Morgan fingerprint density at radius 2 is 1.72 bits per heavy atom. The van der Waals surface area contributed by atoms with Crippen molar-refractivity contribution in [3.63, 3.8) is 0 Å². The van der Waals surface area contributed by atoms with Gasteiger partial charge in [0.2, 0.25) is 0 Å². The summed E-state index contributed by atoms with van der Waals surface area (Å²) in [4.78, 5) is 0. The monoisotopic (exact) mass is 252 g/mol. The molecule has 1 aliphatic heterocycles. The standard InChI is InChI=1S/C16H32N2/c1-13(14-8-6-4-5-7-9-14)18-15-10-11-17-12-16(15,2)3/h13-15,17-18H,4-12H2,1-3H3/t13-,15?/m1/s1. The summed E-state index contributed by atoms with van der Waals surface area (Å²) in [5.74, 6) is 0.915. The summed E-state index contributed by atoms with van der Waals surface area (Å²) in [5, 5.41) is 7.49. The molecule has 0 amide bonds. The molecule has 2 atom stereocenters. The summed E-state index contributed by atoms with van der Waals surface area (Å²) in [5.41, 5.74) is 0.400. The maximum atomic E-state index is 3.97. The van der Waals surface area contributed by atoms with Gasteiger partial charge < -0.3 is 10.6 Å². The van der Waals surface area contributed by atoms with E-state index in [1.807, 2.05) is 0 Å². The molecule has 0 spiro atoms. The Labute approximate surface area is 113 Å². The zero-order valence-corrected chi connectivity index (χ0v) is 12.6. The van der Waals surface area contributed by atoms with Crippen molar-refractivity contribution in [1.29, 1.82) is 0 Å². The second-order valence-corrected chi connectivity index (χ2v) is 7.21.